The van der Waals surface area contributed by atoms with Crippen LogP contribution in [0.5, 0.6) is 0 Å². The van der Waals surface area contributed by atoms with Crippen molar-refractivity contribution in [2.24, 2.45) is 0 Å². The summed E-state index contributed by atoms with van der Waals surface area (Å²) in [6, 6.07) is 1.55. The van der Waals surface area contributed by atoms with Crippen LogP contribution in [0.1, 0.15) is 38.5 Å². The number of likely N-dealkylation sites (N-methyl/N-ethyl adjacent to an activating group) is 2. The largest absolute Gasteiger partial charge is 0.317 e. The highest BCUT2D eigenvalue weighted by molar-refractivity contribution is 4.99. The molecule has 17 heavy (non-hydrogen) atoms. The van der Waals surface area contributed by atoms with Crippen molar-refractivity contribution < 1.29 is 0 Å². The molecule has 0 aromatic carbocycles. The average Bonchev–Trinajstić information content (AvgIpc) is 2.71. The Labute approximate surface area is 107 Å². The van der Waals surface area contributed by atoms with Gasteiger partial charge in [0.25, 0.3) is 0 Å². The summed E-state index contributed by atoms with van der Waals surface area (Å²) in [7, 11) is 8.92. The van der Waals surface area contributed by atoms with Crippen molar-refractivity contribution >= 4 is 0 Å². The highest BCUT2D eigenvalue weighted by Crippen LogP contribution is 2.37. The Balaban J connectivity index is 1.86. The Morgan fingerprint density at radius 2 is 1.88 bits per heavy atom. The van der Waals surface area contributed by atoms with E-state index in [9.17, 15) is 0 Å². The number of nitrogens with one attached hydrogen (secondary N) is 1. The van der Waals surface area contributed by atoms with Crippen LogP contribution >= 0.6 is 0 Å². The molecule has 0 aromatic rings. The van der Waals surface area contributed by atoms with Gasteiger partial charge in [-0.15, -0.1) is 0 Å². The smallest absolute Gasteiger partial charge is 0.0330 e. The normalized spacial score (nSPS) is 32.1. The summed E-state index contributed by atoms with van der Waals surface area (Å²) in [5.41, 5.74) is 0.479. The molecule has 0 bridgehead atoms. The summed E-state index contributed by atoms with van der Waals surface area (Å²) in [5.74, 6) is 0. The molecule has 2 aliphatic rings. The zero-order valence-corrected chi connectivity index (χ0v) is 12.0. The minimum atomic E-state index is 0.479. The summed E-state index contributed by atoms with van der Waals surface area (Å²) < 4.78 is 0. The third-order valence-electron chi connectivity index (χ3n) is 5.21. The maximum atomic E-state index is 3.43. The molecule has 3 nitrogen and oxygen atoms in total. The predicted octanol–water partition coefficient (Wildman–Crippen LogP) is 1.54. The van der Waals surface area contributed by atoms with Gasteiger partial charge < -0.3 is 15.1 Å². The molecule has 0 amide bonds. The number of rotatable bonds is 5. The summed E-state index contributed by atoms with van der Waals surface area (Å²) in [5, 5.41) is 3.43. The lowest BCUT2D eigenvalue weighted by Crippen LogP contribution is -2.57. The summed E-state index contributed by atoms with van der Waals surface area (Å²) in [4.78, 5) is 5.08. The molecular weight excluding hydrogens is 210 g/mol. The van der Waals surface area contributed by atoms with Gasteiger partial charge in [-0.2, -0.15) is 0 Å². The van der Waals surface area contributed by atoms with Gasteiger partial charge in [0.2, 0.25) is 0 Å². The topological polar surface area (TPSA) is 18.5 Å². The lowest BCUT2D eigenvalue weighted by atomic mass is 9.75. The van der Waals surface area contributed by atoms with E-state index in [0.717, 1.165) is 12.1 Å². The van der Waals surface area contributed by atoms with Gasteiger partial charge >= 0.3 is 0 Å². The fourth-order valence-electron chi connectivity index (χ4n) is 3.55. The molecule has 2 aliphatic carbocycles. The third-order valence-corrected chi connectivity index (χ3v) is 5.21. The van der Waals surface area contributed by atoms with Crippen molar-refractivity contribution in [2.75, 3.05) is 34.7 Å². The van der Waals surface area contributed by atoms with E-state index in [-0.39, 0.29) is 0 Å². The van der Waals surface area contributed by atoms with E-state index in [0.29, 0.717) is 5.54 Å². The van der Waals surface area contributed by atoms with Gasteiger partial charge in [0.1, 0.15) is 0 Å². The lowest BCUT2D eigenvalue weighted by Gasteiger charge is -2.50. The second-order valence-electron chi connectivity index (χ2n) is 6.34. The molecule has 2 saturated carbocycles. The van der Waals surface area contributed by atoms with Crippen molar-refractivity contribution in [2.45, 2.75) is 56.1 Å². The second-order valence-corrected chi connectivity index (χ2v) is 6.34. The Hall–Kier alpha value is -0.120. The van der Waals surface area contributed by atoms with Gasteiger partial charge in [0.05, 0.1) is 0 Å². The van der Waals surface area contributed by atoms with E-state index in [2.05, 4.69) is 43.3 Å². The monoisotopic (exact) mass is 239 g/mol. The average molecular weight is 239 g/mol. The predicted molar refractivity (Wildman–Crippen MR) is 73.4 cm³/mol. The molecule has 0 saturated heterocycles. The number of hydrogen-bond acceptors (Lipinski definition) is 3. The first-order chi connectivity index (χ1) is 8.07. The maximum absolute atomic E-state index is 3.43. The highest BCUT2D eigenvalue weighted by atomic mass is 15.2. The molecule has 2 rings (SSSR count). The van der Waals surface area contributed by atoms with E-state index in [4.69, 9.17) is 0 Å². The van der Waals surface area contributed by atoms with Gasteiger partial charge in [-0.25, -0.2) is 0 Å². The Morgan fingerprint density at radius 3 is 2.29 bits per heavy atom. The minimum absolute atomic E-state index is 0.479. The van der Waals surface area contributed by atoms with Crippen LogP contribution in [0, 0.1) is 0 Å². The molecule has 3 heteroatoms. The van der Waals surface area contributed by atoms with E-state index in [1.807, 2.05) is 0 Å². The van der Waals surface area contributed by atoms with Crippen molar-refractivity contribution in [3.8, 4) is 0 Å². The molecule has 2 unspecified atom stereocenters. The number of hydrogen-bond donors (Lipinski definition) is 1. The van der Waals surface area contributed by atoms with Crippen LogP contribution in [0.3, 0.4) is 0 Å². The molecule has 100 valence electrons. The zero-order chi connectivity index (χ0) is 12.5. The quantitative estimate of drug-likeness (QED) is 0.785. The molecule has 2 fully saturated rings. The fraction of sp³-hybridized carbons (Fsp3) is 1.00. The van der Waals surface area contributed by atoms with Crippen LogP contribution in [0.4, 0.5) is 0 Å². The molecule has 2 atom stereocenters. The minimum Gasteiger partial charge on any atom is -0.317 e. The Morgan fingerprint density at radius 1 is 1.18 bits per heavy atom. The fourth-order valence-corrected chi connectivity index (χ4v) is 3.55. The van der Waals surface area contributed by atoms with Crippen molar-refractivity contribution in [3.63, 3.8) is 0 Å². The van der Waals surface area contributed by atoms with Crippen molar-refractivity contribution in [3.05, 3.63) is 0 Å². The van der Waals surface area contributed by atoms with E-state index < -0.39 is 0 Å². The Kier molecular flexibility index (Phi) is 4.11. The van der Waals surface area contributed by atoms with E-state index in [1.165, 1.54) is 45.1 Å². The molecule has 1 N–H and O–H groups in total. The third kappa shape index (κ3) is 2.67. The molecule has 0 spiro atoms. The number of nitrogens with zero attached hydrogens (tertiary/aromatic N) is 2. The summed E-state index contributed by atoms with van der Waals surface area (Å²) in [6.45, 7) is 1.25. The lowest BCUT2D eigenvalue weighted by molar-refractivity contribution is 0.0166. The standard InChI is InChI=1S/C14H29N3/c1-15-12-6-7-13(10-12)17(4)11-14(16(2)3)8-5-9-14/h12-13,15H,5-11H2,1-4H3. The van der Waals surface area contributed by atoms with Crippen LogP contribution in [-0.2, 0) is 0 Å². The SMILES string of the molecule is CNC1CCC(N(C)CC2(N(C)C)CCC2)C1. The van der Waals surface area contributed by atoms with Crippen LogP contribution < -0.4 is 5.32 Å². The van der Waals surface area contributed by atoms with E-state index >= 15 is 0 Å². The van der Waals surface area contributed by atoms with E-state index in [1.54, 1.807) is 0 Å². The second kappa shape index (κ2) is 5.25. The maximum Gasteiger partial charge on any atom is 0.0330 e. The van der Waals surface area contributed by atoms with Crippen LogP contribution in [0.25, 0.3) is 0 Å². The molecule has 0 aliphatic heterocycles. The van der Waals surface area contributed by atoms with Crippen LogP contribution in [0.15, 0.2) is 0 Å². The van der Waals surface area contributed by atoms with Crippen LogP contribution in [0.2, 0.25) is 0 Å². The van der Waals surface area contributed by atoms with Crippen LogP contribution in [-0.4, -0.2) is 62.2 Å². The summed E-state index contributed by atoms with van der Waals surface area (Å²) >= 11 is 0. The highest BCUT2D eigenvalue weighted by Gasteiger charge is 2.41. The molecule has 0 heterocycles. The molecular formula is C14H29N3. The van der Waals surface area contributed by atoms with Gasteiger partial charge in [-0.1, -0.05) is 0 Å². The Bertz CT molecular complexity index is 248. The first-order valence-corrected chi connectivity index (χ1v) is 7.12. The zero-order valence-electron chi connectivity index (χ0n) is 12.0. The van der Waals surface area contributed by atoms with Gasteiger partial charge in [-0.05, 0) is 66.7 Å². The molecule has 0 aromatic heterocycles. The molecule has 0 radical (unpaired) electrons. The van der Waals surface area contributed by atoms with Gasteiger partial charge in [0.15, 0.2) is 0 Å². The van der Waals surface area contributed by atoms with Gasteiger partial charge in [-0.3, -0.25) is 0 Å². The van der Waals surface area contributed by atoms with Crippen molar-refractivity contribution in [1.29, 1.82) is 0 Å². The summed E-state index contributed by atoms with van der Waals surface area (Å²) in [6.07, 6.45) is 8.22. The first-order valence-electron chi connectivity index (χ1n) is 7.12. The van der Waals surface area contributed by atoms with Gasteiger partial charge in [0, 0.05) is 24.2 Å². The van der Waals surface area contributed by atoms with Crippen molar-refractivity contribution in [1.82, 2.24) is 15.1 Å². The first kappa shape index (κ1) is 13.3.